The molecular formula is C29H28F4N7O3+. The molecular weight excluding hydrogens is 570 g/mol. The van der Waals surface area contributed by atoms with Crippen molar-refractivity contribution in [2.45, 2.75) is 25.9 Å². The van der Waals surface area contributed by atoms with E-state index >= 15 is 4.39 Å². The van der Waals surface area contributed by atoms with Crippen molar-refractivity contribution < 1.29 is 36.5 Å². The van der Waals surface area contributed by atoms with Gasteiger partial charge in [-0.25, -0.2) is 9.37 Å². The summed E-state index contributed by atoms with van der Waals surface area (Å²) >= 11 is 0. The summed E-state index contributed by atoms with van der Waals surface area (Å²) in [5.74, 6) is 4.83. The van der Waals surface area contributed by atoms with Gasteiger partial charge in [-0.3, -0.25) is 14.6 Å². The minimum atomic E-state index is -4.62. The van der Waals surface area contributed by atoms with Crippen LogP contribution in [-0.4, -0.2) is 64.6 Å². The number of hydrogen-bond donors (Lipinski definition) is 2. The largest absolute Gasteiger partial charge is 0.416 e. The summed E-state index contributed by atoms with van der Waals surface area (Å²) in [6.07, 6.45) is 2.44. The highest BCUT2D eigenvalue weighted by molar-refractivity contribution is 6.05. The third kappa shape index (κ3) is 5.15. The van der Waals surface area contributed by atoms with Gasteiger partial charge in [0.2, 0.25) is 11.6 Å². The average molecular weight is 599 g/mol. The van der Waals surface area contributed by atoms with Crippen molar-refractivity contribution >= 4 is 29.7 Å². The number of ether oxygens (including phenoxy) is 1. The molecule has 3 N–H and O–H groups in total. The fraction of sp³-hybridized carbons (Fsp3) is 0.345. The van der Waals surface area contributed by atoms with Gasteiger partial charge in [0.05, 0.1) is 42.2 Å². The molecule has 6 rings (SSSR count). The molecule has 14 heteroatoms. The van der Waals surface area contributed by atoms with E-state index in [0.29, 0.717) is 43.8 Å². The number of halogens is 4. The molecule has 43 heavy (non-hydrogen) atoms. The zero-order chi connectivity index (χ0) is 30.6. The number of aromatic nitrogens is 1. The van der Waals surface area contributed by atoms with Crippen molar-refractivity contribution in [2.75, 3.05) is 31.6 Å². The standard InChI is InChI=1S/C29H27F4N7O3/c1-28(15-43-16-28)27(42)39-9-2-3-18(14-39)24-22-13-35-8-10-40(22,34)25(38-24)20-5-4-17(11-21(20)30)26(41)37-23-12-19(6-7-36-23)29(31,32)33/h4-8,10-13,18H,2-3,9,14-16,34H2,1H3/p+1. The van der Waals surface area contributed by atoms with E-state index in [0.717, 1.165) is 31.2 Å². The van der Waals surface area contributed by atoms with Crippen LogP contribution in [0.25, 0.3) is 0 Å². The van der Waals surface area contributed by atoms with Crippen LogP contribution >= 0.6 is 0 Å². The molecule has 4 aliphatic heterocycles. The molecule has 0 saturated carbocycles. The number of nitrogens with two attached hydrogens (primary N) is 1. The van der Waals surface area contributed by atoms with Crippen molar-refractivity contribution in [3.63, 3.8) is 0 Å². The summed E-state index contributed by atoms with van der Waals surface area (Å²) in [6.45, 7) is 3.70. The van der Waals surface area contributed by atoms with E-state index in [2.05, 4.69) is 15.3 Å². The normalized spacial score (nSPS) is 24.4. The Balaban J connectivity index is 1.26. The van der Waals surface area contributed by atoms with E-state index in [1.807, 2.05) is 11.8 Å². The van der Waals surface area contributed by atoms with Crippen LogP contribution in [0, 0.1) is 17.2 Å². The first kappa shape index (κ1) is 28.8. The fourth-order valence-corrected chi connectivity index (χ4v) is 5.69. The Kier molecular flexibility index (Phi) is 7.02. The molecule has 5 heterocycles. The summed E-state index contributed by atoms with van der Waals surface area (Å²) in [7, 11) is 0. The van der Waals surface area contributed by atoms with Crippen LogP contribution in [0.1, 0.15) is 41.3 Å². The number of nitrogens with zero attached hydrogens (tertiary/aromatic N) is 5. The lowest BCUT2D eigenvalue weighted by molar-refractivity contribution is -0.750. The first-order valence-electron chi connectivity index (χ1n) is 13.6. The molecule has 2 atom stereocenters. The molecule has 2 saturated heterocycles. The molecule has 1 aromatic carbocycles. The number of amides is 2. The first-order valence-corrected chi connectivity index (χ1v) is 13.6. The van der Waals surface area contributed by atoms with E-state index in [9.17, 15) is 22.8 Å². The van der Waals surface area contributed by atoms with Gasteiger partial charge < -0.3 is 15.0 Å². The van der Waals surface area contributed by atoms with Crippen molar-refractivity contribution in [1.82, 2.24) is 9.88 Å². The number of anilines is 1. The molecule has 1 aromatic heterocycles. The lowest BCUT2D eigenvalue weighted by Crippen LogP contribution is -2.55. The Morgan fingerprint density at radius 3 is 2.70 bits per heavy atom. The number of rotatable bonds is 5. The molecule has 10 nitrogen and oxygen atoms in total. The van der Waals surface area contributed by atoms with Gasteiger partial charge in [0, 0.05) is 30.8 Å². The van der Waals surface area contributed by atoms with Crippen LogP contribution < -0.4 is 11.2 Å². The summed E-state index contributed by atoms with van der Waals surface area (Å²) in [6, 6.07) is 5.12. The Morgan fingerprint density at radius 1 is 1.21 bits per heavy atom. The van der Waals surface area contributed by atoms with Gasteiger partial charge >= 0.3 is 6.18 Å². The van der Waals surface area contributed by atoms with Crippen LogP contribution in [0.15, 0.2) is 70.3 Å². The van der Waals surface area contributed by atoms with Crippen molar-refractivity contribution in [3.8, 4) is 0 Å². The smallest absolute Gasteiger partial charge is 0.379 e. The topological polar surface area (TPSA) is 122 Å². The van der Waals surface area contributed by atoms with E-state index in [4.69, 9.17) is 15.6 Å². The van der Waals surface area contributed by atoms with Crippen molar-refractivity contribution in [1.29, 1.82) is 0 Å². The van der Waals surface area contributed by atoms with E-state index in [-0.39, 0.29) is 34.6 Å². The molecule has 0 aliphatic carbocycles. The number of alkyl halides is 3. The molecule has 2 aromatic rings. The molecule has 0 spiro atoms. The number of carbonyl (C=O) groups is 2. The lowest BCUT2D eigenvalue weighted by Gasteiger charge is -2.42. The molecule has 2 unspecified atom stereocenters. The van der Waals surface area contributed by atoms with Gasteiger partial charge in [-0.1, -0.05) is 0 Å². The molecule has 0 bridgehead atoms. The quantitative estimate of drug-likeness (QED) is 0.306. The van der Waals surface area contributed by atoms with Crippen molar-refractivity contribution in [2.24, 2.45) is 27.2 Å². The number of amidine groups is 1. The van der Waals surface area contributed by atoms with Gasteiger partial charge in [-0.2, -0.15) is 24.0 Å². The first-order chi connectivity index (χ1) is 20.4. The van der Waals surface area contributed by atoms with Crippen LogP contribution in [0.5, 0.6) is 0 Å². The third-order valence-electron chi connectivity index (χ3n) is 8.08. The molecule has 2 amide bonds. The van der Waals surface area contributed by atoms with Gasteiger partial charge in [0.25, 0.3) is 11.7 Å². The number of benzene rings is 1. The van der Waals surface area contributed by atoms with Gasteiger partial charge in [0.1, 0.15) is 23.5 Å². The van der Waals surface area contributed by atoms with E-state index < -0.39 is 33.5 Å². The average Bonchev–Trinajstić information content (AvgIpc) is 3.28. The number of hydrogen-bond acceptors (Lipinski definition) is 7. The number of likely N-dealkylation sites (tertiary alicyclic amines) is 1. The summed E-state index contributed by atoms with van der Waals surface area (Å²) in [4.78, 5) is 40.5. The van der Waals surface area contributed by atoms with Gasteiger partial charge in [0.15, 0.2) is 0 Å². The predicted molar refractivity (Wildman–Crippen MR) is 147 cm³/mol. The highest BCUT2D eigenvalue weighted by Crippen LogP contribution is 2.39. The van der Waals surface area contributed by atoms with Crippen LogP contribution in [0.2, 0.25) is 0 Å². The Bertz CT molecular complexity index is 1630. The molecule has 4 aliphatic rings. The number of piperidine rings is 1. The summed E-state index contributed by atoms with van der Waals surface area (Å²) < 4.78 is 59.6. The number of pyridine rings is 1. The molecule has 2 fully saturated rings. The zero-order valence-electron chi connectivity index (χ0n) is 23.1. The maximum atomic E-state index is 15.6. The molecule has 224 valence electrons. The number of carbonyl (C=O) groups excluding carboxylic acids is 2. The summed E-state index contributed by atoms with van der Waals surface area (Å²) in [5, 5.41) is 2.27. The second-order valence-corrected chi connectivity index (χ2v) is 11.3. The lowest BCUT2D eigenvalue weighted by atomic mass is 9.85. The van der Waals surface area contributed by atoms with Crippen LogP contribution in [0.3, 0.4) is 0 Å². The van der Waals surface area contributed by atoms with Gasteiger partial charge in [-0.05, 0) is 50.1 Å². The predicted octanol–water partition coefficient (Wildman–Crippen LogP) is 3.98. The second-order valence-electron chi connectivity index (χ2n) is 11.3. The maximum Gasteiger partial charge on any atom is 0.416 e. The molecule has 0 radical (unpaired) electrons. The Labute approximate surface area is 243 Å². The van der Waals surface area contributed by atoms with E-state index in [1.165, 1.54) is 18.3 Å². The van der Waals surface area contributed by atoms with Crippen LogP contribution in [0.4, 0.5) is 23.4 Å². The number of allylic oxidation sites excluding steroid dienone is 1. The number of fused-ring (bicyclic) bond motifs is 1. The number of quaternary nitrogens is 1. The number of aliphatic imine (C=N–C) groups is 2. The van der Waals surface area contributed by atoms with E-state index in [1.54, 1.807) is 12.4 Å². The summed E-state index contributed by atoms with van der Waals surface area (Å²) in [5.41, 5.74) is -0.472. The second kappa shape index (κ2) is 10.5. The van der Waals surface area contributed by atoms with Crippen LogP contribution in [-0.2, 0) is 15.7 Å². The Hall–Kier alpha value is -4.27. The highest BCUT2D eigenvalue weighted by atomic mass is 19.4. The SMILES string of the molecule is CC1(C(=O)N2CCCC(C3=C4C=NC=C[N+]4(N)C(c4ccc(C(=O)Nc5cc(C(F)(F)F)ccn5)cc4F)=N3)C2)COC1. The maximum absolute atomic E-state index is 15.6. The van der Waals surface area contributed by atoms with Gasteiger partial charge in [-0.15, -0.1) is 4.59 Å². The monoisotopic (exact) mass is 598 g/mol. The Morgan fingerprint density at radius 2 is 2.00 bits per heavy atom. The minimum Gasteiger partial charge on any atom is -0.379 e. The minimum absolute atomic E-state index is 0.0298. The zero-order valence-corrected chi connectivity index (χ0v) is 23.1. The third-order valence-corrected chi connectivity index (χ3v) is 8.08. The number of nitrogens with one attached hydrogen (secondary N) is 1. The fourth-order valence-electron chi connectivity index (χ4n) is 5.69. The highest BCUT2D eigenvalue weighted by Gasteiger charge is 2.49. The van der Waals surface area contributed by atoms with Crippen molar-refractivity contribution in [3.05, 3.63) is 82.8 Å².